The molecule has 3 heteroatoms. The van der Waals surface area contributed by atoms with Crippen LogP contribution in [0.2, 0.25) is 0 Å². The largest absolute Gasteiger partial charge is 0.551 e. The maximum atomic E-state index is 6.47. The van der Waals surface area contributed by atoms with Gasteiger partial charge in [-0.05, 0) is 47.3 Å². The molecular weight excluding hydrogens is 329 g/mol. The van der Waals surface area contributed by atoms with Crippen LogP contribution < -0.4 is 20.5 Å². The van der Waals surface area contributed by atoms with Crippen molar-refractivity contribution >= 4 is 34.9 Å². The normalized spacial score (nSPS) is 12.3. The van der Waals surface area contributed by atoms with E-state index in [9.17, 15) is 0 Å². The predicted molar refractivity (Wildman–Crippen MR) is 113 cm³/mol. The molecule has 5 rings (SSSR count). The van der Waals surface area contributed by atoms with E-state index in [4.69, 9.17) is 4.65 Å². The molecule has 0 spiro atoms. The number of anilines is 3. The Kier molecular flexibility index (Phi) is 3.91. The summed E-state index contributed by atoms with van der Waals surface area (Å²) in [6.45, 7) is -0.139. The zero-order valence-corrected chi connectivity index (χ0v) is 14.8. The molecule has 0 aliphatic carbocycles. The molecule has 0 N–H and O–H groups in total. The van der Waals surface area contributed by atoms with Crippen molar-refractivity contribution in [3.05, 3.63) is 109 Å². The highest BCUT2D eigenvalue weighted by Gasteiger charge is 2.36. The monoisotopic (exact) mass is 347 g/mol. The zero-order chi connectivity index (χ0) is 18.1. The Balaban J connectivity index is 1.70. The van der Waals surface area contributed by atoms with Gasteiger partial charge in [-0.3, -0.25) is 0 Å². The molecule has 4 aromatic carbocycles. The molecule has 0 saturated carbocycles. The second-order valence-electron chi connectivity index (χ2n) is 6.60. The Morgan fingerprint density at radius 1 is 0.519 bits per heavy atom. The summed E-state index contributed by atoms with van der Waals surface area (Å²) in [6, 6.07) is 37.5. The third-order valence-corrected chi connectivity index (χ3v) is 4.93. The number of rotatable bonds is 3. The van der Waals surface area contributed by atoms with E-state index in [1.807, 2.05) is 36.4 Å². The molecule has 1 aliphatic heterocycles. The van der Waals surface area contributed by atoms with E-state index in [0.29, 0.717) is 0 Å². The van der Waals surface area contributed by atoms with Gasteiger partial charge in [0, 0.05) is 17.1 Å². The fraction of sp³-hybridized carbons (Fsp3) is 0. The van der Waals surface area contributed by atoms with Crippen LogP contribution in [-0.2, 0) is 0 Å². The van der Waals surface area contributed by atoms with Crippen molar-refractivity contribution in [1.82, 2.24) is 0 Å². The molecular formula is C24H18BNO. The Morgan fingerprint density at radius 2 is 1.00 bits per heavy atom. The van der Waals surface area contributed by atoms with Crippen LogP contribution in [0.5, 0.6) is 5.75 Å². The third kappa shape index (κ3) is 2.78. The summed E-state index contributed by atoms with van der Waals surface area (Å²) in [5.74, 6) is 0.875. The molecule has 0 saturated heterocycles. The molecule has 1 aliphatic rings. The zero-order valence-electron chi connectivity index (χ0n) is 14.8. The molecule has 0 atom stereocenters. The van der Waals surface area contributed by atoms with E-state index >= 15 is 0 Å². The highest BCUT2D eigenvalue weighted by molar-refractivity contribution is 6.84. The van der Waals surface area contributed by atoms with E-state index < -0.39 is 0 Å². The van der Waals surface area contributed by atoms with Gasteiger partial charge in [0.1, 0.15) is 0 Å². The smallest absolute Gasteiger partial charge is 0.430 e. The summed E-state index contributed by atoms with van der Waals surface area (Å²) >= 11 is 0. The van der Waals surface area contributed by atoms with Crippen molar-refractivity contribution in [3.63, 3.8) is 0 Å². The van der Waals surface area contributed by atoms with Gasteiger partial charge in [-0.2, -0.15) is 0 Å². The van der Waals surface area contributed by atoms with Crippen molar-refractivity contribution < 1.29 is 4.65 Å². The van der Waals surface area contributed by atoms with Crippen molar-refractivity contribution in [3.8, 4) is 5.75 Å². The second kappa shape index (κ2) is 6.69. The van der Waals surface area contributed by atoms with E-state index in [-0.39, 0.29) is 6.92 Å². The first kappa shape index (κ1) is 15.8. The molecule has 2 nitrogen and oxygen atoms in total. The number of benzene rings is 4. The van der Waals surface area contributed by atoms with Gasteiger partial charge in [0.2, 0.25) is 0 Å². The van der Waals surface area contributed by atoms with E-state index in [1.165, 1.54) is 10.9 Å². The van der Waals surface area contributed by atoms with Crippen LogP contribution >= 0.6 is 0 Å². The molecule has 0 amide bonds. The first-order valence-electron chi connectivity index (χ1n) is 9.16. The van der Waals surface area contributed by atoms with Crippen molar-refractivity contribution in [1.29, 1.82) is 0 Å². The highest BCUT2D eigenvalue weighted by atomic mass is 16.4. The van der Waals surface area contributed by atoms with Gasteiger partial charge in [0.15, 0.2) is 0 Å². The van der Waals surface area contributed by atoms with Crippen LogP contribution in [0.4, 0.5) is 17.1 Å². The minimum atomic E-state index is -0.139. The van der Waals surface area contributed by atoms with Gasteiger partial charge in [-0.25, -0.2) is 0 Å². The fourth-order valence-electron chi connectivity index (χ4n) is 3.74. The van der Waals surface area contributed by atoms with Crippen LogP contribution in [0.25, 0.3) is 0 Å². The minimum Gasteiger partial charge on any atom is -0.551 e. The lowest BCUT2D eigenvalue weighted by Gasteiger charge is -2.36. The number of fused-ring (bicyclic) bond motifs is 2. The van der Waals surface area contributed by atoms with Gasteiger partial charge in [0.05, 0.1) is 5.75 Å². The van der Waals surface area contributed by atoms with Crippen LogP contribution in [0.15, 0.2) is 109 Å². The Hall–Kier alpha value is -3.46. The standard InChI is InChI=1S/C24H18BNO/c1-3-11-19(12-4-1)26-23-17-9-7-15-21(23)25(22-16-8-10-18-24(22)26)27-20-13-5-2-6-14-20/h1-18H. The van der Waals surface area contributed by atoms with Crippen LogP contribution in [0.3, 0.4) is 0 Å². The Labute approximate surface area is 159 Å². The highest BCUT2D eigenvalue weighted by Crippen LogP contribution is 2.35. The Bertz CT molecular complexity index is 1020. The number of para-hydroxylation sites is 4. The first-order chi connectivity index (χ1) is 13.4. The lowest BCUT2D eigenvalue weighted by Crippen LogP contribution is -2.53. The third-order valence-electron chi connectivity index (χ3n) is 4.93. The number of hydrogen-bond acceptors (Lipinski definition) is 2. The molecule has 0 radical (unpaired) electrons. The van der Waals surface area contributed by atoms with E-state index in [2.05, 4.69) is 77.7 Å². The maximum Gasteiger partial charge on any atom is 0.430 e. The molecule has 0 bridgehead atoms. The van der Waals surface area contributed by atoms with Gasteiger partial charge in [-0.1, -0.05) is 72.8 Å². The molecule has 1 heterocycles. The van der Waals surface area contributed by atoms with Gasteiger partial charge >= 0.3 is 6.92 Å². The van der Waals surface area contributed by atoms with Gasteiger partial charge in [0.25, 0.3) is 0 Å². The molecule has 4 aromatic rings. The lowest BCUT2D eigenvalue weighted by atomic mass is 9.52. The summed E-state index contributed by atoms with van der Waals surface area (Å²) in [5.41, 5.74) is 5.80. The topological polar surface area (TPSA) is 12.5 Å². The lowest BCUT2D eigenvalue weighted by molar-refractivity contribution is 0.591. The fourth-order valence-corrected chi connectivity index (χ4v) is 3.74. The SMILES string of the molecule is c1ccc(OB2c3ccccc3N(c3ccccc3)c3ccccc32)cc1. The molecule has 0 aromatic heterocycles. The molecule has 0 fully saturated rings. The van der Waals surface area contributed by atoms with E-state index in [1.54, 1.807) is 0 Å². The minimum absolute atomic E-state index is 0.139. The molecule has 27 heavy (non-hydrogen) atoms. The van der Waals surface area contributed by atoms with Crippen LogP contribution in [-0.4, -0.2) is 6.92 Å². The summed E-state index contributed by atoms with van der Waals surface area (Å²) < 4.78 is 6.47. The average molecular weight is 347 g/mol. The molecule has 0 unspecified atom stereocenters. The quantitative estimate of drug-likeness (QED) is 0.500. The van der Waals surface area contributed by atoms with Crippen molar-refractivity contribution in [2.24, 2.45) is 0 Å². The van der Waals surface area contributed by atoms with Gasteiger partial charge < -0.3 is 9.55 Å². The second-order valence-corrected chi connectivity index (χ2v) is 6.60. The van der Waals surface area contributed by atoms with E-state index in [0.717, 1.165) is 22.8 Å². The van der Waals surface area contributed by atoms with Crippen molar-refractivity contribution in [2.45, 2.75) is 0 Å². The average Bonchev–Trinajstić information content (AvgIpc) is 2.75. The summed E-state index contributed by atoms with van der Waals surface area (Å²) in [6.07, 6.45) is 0. The number of hydrogen-bond donors (Lipinski definition) is 0. The maximum absolute atomic E-state index is 6.47. The van der Waals surface area contributed by atoms with Crippen LogP contribution in [0, 0.1) is 0 Å². The predicted octanol–water partition coefficient (Wildman–Crippen LogP) is 4.65. The molecule has 128 valence electrons. The summed E-state index contributed by atoms with van der Waals surface area (Å²) in [4.78, 5) is 2.32. The summed E-state index contributed by atoms with van der Waals surface area (Å²) in [5, 5.41) is 0. The van der Waals surface area contributed by atoms with Gasteiger partial charge in [-0.15, -0.1) is 0 Å². The number of nitrogens with zero attached hydrogens (tertiary/aromatic N) is 1. The van der Waals surface area contributed by atoms with Crippen LogP contribution in [0.1, 0.15) is 0 Å². The Morgan fingerprint density at radius 3 is 1.59 bits per heavy atom. The van der Waals surface area contributed by atoms with Crippen molar-refractivity contribution in [2.75, 3.05) is 4.90 Å². The first-order valence-corrected chi connectivity index (χ1v) is 9.16. The summed E-state index contributed by atoms with van der Waals surface area (Å²) in [7, 11) is 0.